The molecule has 0 amide bonds. The van der Waals surface area contributed by atoms with E-state index in [0.29, 0.717) is 13.2 Å². The molecule has 1 aromatic carbocycles. The molecule has 4 aliphatic carbocycles. The molecule has 0 aromatic heterocycles. The SMILES string of the molecule is Fc1c(OCCCBr)ccc(OC[C@]23CC4CC(C[C@H](C4)C2)C3)c1F. The van der Waals surface area contributed by atoms with Gasteiger partial charge in [-0.1, -0.05) is 15.9 Å². The van der Waals surface area contributed by atoms with Crippen LogP contribution < -0.4 is 9.47 Å². The highest BCUT2D eigenvalue weighted by Gasteiger charge is 2.51. The van der Waals surface area contributed by atoms with Crippen LogP contribution in [0.2, 0.25) is 0 Å². The Morgan fingerprint density at radius 2 is 1.44 bits per heavy atom. The maximum absolute atomic E-state index is 14.3. The lowest BCUT2D eigenvalue weighted by Crippen LogP contribution is -2.48. The lowest BCUT2D eigenvalue weighted by Gasteiger charge is -2.56. The van der Waals surface area contributed by atoms with Gasteiger partial charge in [-0.05, 0) is 74.8 Å². The van der Waals surface area contributed by atoms with Crippen molar-refractivity contribution in [2.24, 2.45) is 23.2 Å². The van der Waals surface area contributed by atoms with E-state index in [2.05, 4.69) is 15.9 Å². The Bertz CT molecular complexity index is 599. The lowest BCUT2D eigenvalue weighted by molar-refractivity contribution is -0.0750. The summed E-state index contributed by atoms with van der Waals surface area (Å²) in [7, 11) is 0. The highest BCUT2D eigenvalue weighted by Crippen LogP contribution is 2.60. The van der Waals surface area contributed by atoms with Crippen LogP contribution in [0.1, 0.15) is 44.9 Å². The van der Waals surface area contributed by atoms with E-state index in [4.69, 9.17) is 9.47 Å². The fraction of sp³-hybridized carbons (Fsp3) is 0.700. The van der Waals surface area contributed by atoms with Crippen molar-refractivity contribution in [3.8, 4) is 11.5 Å². The van der Waals surface area contributed by atoms with Crippen molar-refractivity contribution in [2.75, 3.05) is 18.5 Å². The van der Waals surface area contributed by atoms with Crippen molar-refractivity contribution in [3.05, 3.63) is 23.8 Å². The highest BCUT2D eigenvalue weighted by molar-refractivity contribution is 9.09. The van der Waals surface area contributed by atoms with Crippen LogP contribution in [0.4, 0.5) is 8.78 Å². The molecule has 0 atom stereocenters. The van der Waals surface area contributed by atoms with Gasteiger partial charge in [0.15, 0.2) is 11.5 Å². The molecule has 2 nitrogen and oxygen atoms in total. The molecule has 25 heavy (non-hydrogen) atoms. The molecule has 4 fully saturated rings. The summed E-state index contributed by atoms with van der Waals surface area (Å²) in [5, 5.41) is 0.767. The van der Waals surface area contributed by atoms with Crippen LogP contribution in [0.3, 0.4) is 0 Å². The fourth-order valence-corrected chi connectivity index (χ4v) is 5.90. The Morgan fingerprint density at radius 1 is 0.920 bits per heavy atom. The molecule has 0 N–H and O–H groups in total. The first-order valence-corrected chi connectivity index (χ1v) is 10.5. The Balaban J connectivity index is 1.42. The minimum atomic E-state index is -0.947. The molecule has 1 aromatic rings. The summed E-state index contributed by atoms with van der Waals surface area (Å²) >= 11 is 3.29. The first-order chi connectivity index (χ1) is 12.1. The molecule has 5 heteroatoms. The first-order valence-electron chi connectivity index (χ1n) is 9.38. The zero-order valence-electron chi connectivity index (χ0n) is 14.4. The lowest BCUT2D eigenvalue weighted by atomic mass is 9.50. The van der Waals surface area contributed by atoms with Crippen molar-refractivity contribution >= 4 is 15.9 Å². The zero-order chi connectivity index (χ0) is 17.4. The van der Waals surface area contributed by atoms with E-state index >= 15 is 0 Å². The molecule has 0 radical (unpaired) electrons. The third-order valence-corrected chi connectivity index (χ3v) is 6.81. The summed E-state index contributed by atoms with van der Waals surface area (Å²) in [5.74, 6) is 0.560. The number of hydrogen-bond donors (Lipinski definition) is 0. The van der Waals surface area contributed by atoms with Crippen LogP contribution in [-0.2, 0) is 0 Å². The minimum absolute atomic E-state index is 0.0149. The maximum Gasteiger partial charge on any atom is 0.204 e. The van der Waals surface area contributed by atoms with Crippen LogP contribution in [-0.4, -0.2) is 18.5 Å². The van der Waals surface area contributed by atoms with Crippen molar-refractivity contribution in [1.82, 2.24) is 0 Å². The molecule has 138 valence electrons. The predicted octanol–water partition coefficient (Wildman–Crippen LogP) is 5.72. The second kappa shape index (κ2) is 7.05. The molecular formula is C20H25BrF2O2. The van der Waals surface area contributed by atoms with Gasteiger partial charge in [-0.25, -0.2) is 0 Å². The molecule has 0 aliphatic heterocycles. The van der Waals surface area contributed by atoms with E-state index in [1.807, 2.05) is 0 Å². The summed E-state index contributed by atoms with van der Waals surface area (Å²) in [5.41, 5.74) is 0.183. The number of benzene rings is 1. The van der Waals surface area contributed by atoms with Crippen LogP contribution in [0, 0.1) is 34.8 Å². The van der Waals surface area contributed by atoms with Gasteiger partial charge >= 0.3 is 0 Å². The largest absolute Gasteiger partial charge is 0.490 e. The van der Waals surface area contributed by atoms with Gasteiger partial charge in [0.05, 0.1) is 13.2 Å². The normalized spacial score (nSPS) is 32.8. The van der Waals surface area contributed by atoms with E-state index in [9.17, 15) is 8.78 Å². The average molecular weight is 415 g/mol. The van der Waals surface area contributed by atoms with Gasteiger partial charge in [-0.15, -0.1) is 0 Å². The fourth-order valence-electron chi connectivity index (χ4n) is 5.67. The van der Waals surface area contributed by atoms with Crippen molar-refractivity contribution in [1.29, 1.82) is 0 Å². The number of rotatable bonds is 7. The number of hydrogen-bond acceptors (Lipinski definition) is 2. The Kier molecular flexibility index (Phi) is 4.96. The van der Waals surface area contributed by atoms with Crippen LogP contribution in [0.25, 0.3) is 0 Å². The molecule has 0 spiro atoms. The van der Waals surface area contributed by atoms with Crippen molar-refractivity contribution in [3.63, 3.8) is 0 Å². The Labute approximate surface area is 156 Å². The van der Waals surface area contributed by atoms with Gasteiger partial charge in [0.2, 0.25) is 11.6 Å². The smallest absolute Gasteiger partial charge is 0.204 e. The molecule has 4 aliphatic rings. The Hall–Kier alpha value is -0.840. The van der Waals surface area contributed by atoms with E-state index < -0.39 is 11.6 Å². The number of halogens is 3. The average Bonchev–Trinajstić information content (AvgIpc) is 2.57. The molecule has 0 heterocycles. The molecule has 0 unspecified atom stereocenters. The van der Waals surface area contributed by atoms with E-state index in [1.165, 1.54) is 50.7 Å². The van der Waals surface area contributed by atoms with Gasteiger partial charge in [-0.2, -0.15) is 8.78 Å². The highest BCUT2D eigenvalue weighted by atomic mass is 79.9. The summed E-state index contributed by atoms with van der Waals surface area (Å²) in [6, 6.07) is 2.98. The molecular weight excluding hydrogens is 390 g/mol. The van der Waals surface area contributed by atoms with E-state index in [-0.39, 0.29) is 16.9 Å². The summed E-state index contributed by atoms with van der Waals surface area (Å²) in [4.78, 5) is 0. The van der Waals surface area contributed by atoms with Gasteiger partial charge in [0, 0.05) is 10.7 Å². The van der Waals surface area contributed by atoms with E-state index in [1.54, 1.807) is 0 Å². The standard InChI is InChI=1S/C20H25BrF2O2/c21-4-1-5-24-16-2-3-17(19(23)18(16)22)25-12-20-9-13-6-14(10-20)8-15(7-13)11-20/h2-3,13-15H,1,4-12H2/t13-,14?,15?,20-. The van der Waals surface area contributed by atoms with Crippen LogP contribution in [0.15, 0.2) is 12.1 Å². The van der Waals surface area contributed by atoms with E-state index in [0.717, 1.165) is 29.5 Å². The predicted molar refractivity (Wildman–Crippen MR) is 96.4 cm³/mol. The molecule has 4 bridgehead atoms. The van der Waals surface area contributed by atoms with Gasteiger partial charge < -0.3 is 9.47 Å². The third kappa shape index (κ3) is 3.54. The summed E-state index contributed by atoms with van der Waals surface area (Å²) in [6.45, 7) is 0.867. The van der Waals surface area contributed by atoms with Crippen molar-refractivity contribution in [2.45, 2.75) is 44.9 Å². The summed E-state index contributed by atoms with van der Waals surface area (Å²) < 4.78 is 39.6. The molecule has 4 saturated carbocycles. The van der Waals surface area contributed by atoms with Gasteiger partial charge in [-0.3, -0.25) is 0 Å². The third-order valence-electron chi connectivity index (χ3n) is 6.25. The monoisotopic (exact) mass is 414 g/mol. The van der Waals surface area contributed by atoms with Crippen LogP contribution >= 0.6 is 15.9 Å². The molecule has 0 saturated heterocycles. The van der Waals surface area contributed by atoms with Crippen molar-refractivity contribution < 1.29 is 18.3 Å². The minimum Gasteiger partial charge on any atom is -0.490 e. The van der Waals surface area contributed by atoms with Gasteiger partial charge in [0.1, 0.15) is 0 Å². The quantitative estimate of drug-likeness (QED) is 0.419. The topological polar surface area (TPSA) is 18.5 Å². The number of alkyl halides is 1. The number of ether oxygens (including phenoxy) is 2. The summed E-state index contributed by atoms with van der Waals surface area (Å²) in [6.07, 6.45) is 8.41. The second-order valence-electron chi connectivity index (χ2n) is 8.29. The second-order valence-corrected chi connectivity index (χ2v) is 9.08. The first kappa shape index (κ1) is 17.6. The maximum atomic E-state index is 14.3. The zero-order valence-corrected chi connectivity index (χ0v) is 16.0. The van der Waals surface area contributed by atoms with Crippen LogP contribution in [0.5, 0.6) is 11.5 Å². The van der Waals surface area contributed by atoms with Gasteiger partial charge in [0.25, 0.3) is 0 Å². The molecule has 5 rings (SSSR count). The Morgan fingerprint density at radius 3 is 1.96 bits per heavy atom.